The van der Waals surface area contributed by atoms with Gasteiger partial charge in [0.15, 0.2) is 0 Å². The van der Waals surface area contributed by atoms with Gasteiger partial charge in [0, 0.05) is 29.3 Å². The van der Waals surface area contributed by atoms with Crippen molar-refractivity contribution in [2.75, 3.05) is 19.0 Å². The predicted molar refractivity (Wildman–Crippen MR) is 80.3 cm³/mol. The maximum Gasteiger partial charge on any atom is 0.0560 e. The molecule has 0 fully saturated rings. The van der Waals surface area contributed by atoms with E-state index in [2.05, 4.69) is 50.4 Å². The molecule has 102 valence electrons. The van der Waals surface area contributed by atoms with Crippen LogP contribution in [0, 0.1) is 0 Å². The fourth-order valence-electron chi connectivity index (χ4n) is 1.48. The van der Waals surface area contributed by atoms with Gasteiger partial charge in [-0.1, -0.05) is 12.1 Å². The van der Waals surface area contributed by atoms with Gasteiger partial charge in [0.25, 0.3) is 0 Å². The van der Waals surface area contributed by atoms with Gasteiger partial charge in [-0.25, -0.2) is 0 Å². The number of benzene rings is 1. The summed E-state index contributed by atoms with van der Waals surface area (Å²) in [6.07, 6.45) is 0. The molecular formula is C15H25NOS. The van der Waals surface area contributed by atoms with Crippen molar-refractivity contribution >= 4 is 11.8 Å². The highest BCUT2D eigenvalue weighted by atomic mass is 32.2. The molecule has 1 N–H and O–H groups in total. The van der Waals surface area contributed by atoms with Gasteiger partial charge in [-0.2, -0.15) is 0 Å². The molecule has 18 heavy (non-hydrogen) atoms. The van der Waals surface area contributed by atoms with Crippen LogP contribution in [0.15, 0.2) is 29.2 Å². The predicted octanol–water partition coefficient (Wildman–Crippen LogP) is 3.70. The lowest BCUT2D eigenvalue weighted by molar-refractivity contribution is 0.164. The summed E-state index contributed by atoms with van der Waals surface area (Å²) < 4.78 is 5.34. The van der Waals surface area contributed by atoms with Crippen LogP contribution in [0.2, 0.25) is 0 Å². The zero-order chi connectivity index (χ0) is 13.4. The maximum absolute atomic E-state index is 5.34. The lowest BCUT2D eigenvalue weighted by atomic mass is 10.1. The highest BCUT2D eigenvalue weighted by Gasteiger charge is 2.08. The van der Waals surface area contributed by atoms with Crippen LogP contribution in [-0.4, -0.2) is 24.5 Å². The molecule has 0 aliphatic rings. The Morgan fingerprint density at radius 2 is 2.06 bits per heavy atom. The molecule has 0 aromatic heterocycles. The van der Waals surface area contributed by atoms with Gasteiger partial charge < -0.3 is 10.1 Å². The Morgan fingerprint density at radius 3 is 2.72 bits per heavy atom. The number of nitrogens with one attached hydrogen (secondary N) is 1. The second-order valence-corrected chi connectivity index (χ2v) is 6.46. The smallest absolute Gasteiger partial charge is 0.0560 e. The lowest BCUT2D eigenvalue weighted by Crippen LogP contribution is -2.35. The van der Waals surface area contributed by atoms with Crippen molar-refractivity contribution in [1.82, 2.24) is 5.32 Å². The number of thioether (sulfide) groups is 1. The summed E-state index contributed by atoms with van der Waals surface area (Å²) in [7, 11) is 0. The van der Waals surface area contributed by atoms with Crippen molar-refractivity contribution in [3.63, 3.8) is 0 Å². The first-order valence-corrected chi connectivity index (χ1v) is 7.54. The molecule has 0 atom stereocenters. The molecule has 0 unspecified atom stereocenters. The molecule has 0 radical (unpaired) electrons. The van der Waals surface area contributed by atoms with E-state index < -0.39 is 0 Å². The summed E-state index contributed by atoms with van der Waals surface area (Å²) >= 11 is 1.86. The largest absolute Gasteiger partial charge is 0.381 e. The van der Waals surface area contributed by atoms with Crippen molar-refractivity contribution in [1.29, 1.82) is 0 Å². The SMILES string of the molecule is CCOCCSc1cccc(CNC(C)(C)C)c1. The second-order valence-electron chi connectivity index (χ2n) is 5.30. The van der Waals surface area contributed by atoms with Crippen LogP contribution in [0.3, 0.4) is 0 Å². The Morgan fingerprint density at radius 1 is 1.28 bits per heavy atom. The van der Waals surface area contributed by atoms with Crippen LogP contribution in [0.4, 0.5) is 0 Å². The van der Waals surface area contributed by atoms with Gasteiger partial charge >= 0.3 is 0 Å². The first-order chi connectivity index (χ1) is 8.51. The minimum atomic E-state index is 0.165. The highest BCUT2D eigenvalue weighted by molar-refractivity contribution is 7.99. The van der Waals surface area contributed by atoms with Crippen molar-refractivity contribution in [2.24, 2.45) is 0 Å². The average Bonchev–Trinajstić information content (AvgIpc) is 2.32. The van der Waals surface area contributed by atoms with E-state index in [1.54, 1.807) is 0 Å². The fraction of sp³-hybridized carbons (Fsp3) is 0.600. The Kier molecular flexibility index (Phi) is 6.76. The second kappa shape index (κ2) is 7.82. The Labute approximate surface area is 116 Å². The molecule has 0 saturated heterocycles. The summed E-state index contributed by atoms with van der Waals surface area (Å²) in [6.45, 7) is 11.1. The molecule has 0 aliphatic heterocycles. The zero-order valence-corrected chi connectivity index (χ0v) is 12.8. The maximum atomic E-state index is 5.34. The van der Waals surface area contributed by atoms with Gasteiger partial charge in [0.2, 0.25) is 0 Å². The summed E-state index contributed by atoms with van der Waals surface area (Å²) in [5.74, 6) is 1.02. The van der Waals surface area contributed by atoms with Crippen LogP contribution in [0.25, 0.3) is 0 Å². The third kappa shape index (κ3) is 7.04. The van der Waals surface area contributed by atoms with Crippen molar-refractivity contribution in [3.8, 4) is 0 Å². The van der Waals surface area contributed by atoms with E-state index in [1.807, 2.05) is 18.7 Å². The topological polar surface area (TPSA) is 21.3 Å². The van der Waals surface area contributed by atoms with Gasteiger partial charge in [-0.15, -0.1) is 11.8 Å². The molecule has 0 bridgehead atoms. The molecule has 0 aliphatic carbocycles. The van der Waals surface area contributed by atoms with E-state index in [-0.39, 0.29) is 5.54 Å². The molecule has 2 nitrogen and oxygen atoms in total. The minimum Gasteiger partial charge on any atom is -0.381 e. The van der Waals surface area contributed by atoms with E-state index in [9.17, 15) is 0 Å². The van der Waals surface area contributed by atoms with Crippen LogP contribution in [-0.2, 0) is 11.3 Å². The molecule has 1 aromatic rings. The third-order valence-corrected chi connectivity index (χ3v) is 3.38. The highest BCUT2D eigenvalue weighted by Crippen LogP contribution is 2.19. The molecule has 3 heteroatoms. The van der Waals surface area contributed by atoms with E-state index >= 15 is 0 Å². The lowest BCUT2D eigenvalue weighted by Gasteiger charge is -2.20. The van der Waals surface area contributed by atoms with E-state index in [1.165, 1.54) is 10.5 Å². The van der Waals surface area contributed by atoms with Crippen LogP contribution < -0.4 is 5.32 Å². The van der Waals surface area contributed by atoms with Gasteiger partial charge in [-0.3, -0.25) is 0 Å². The summed E-state index contributed by atoms with van der Waals surface area (Å²) in [4.78, 5) is 1.32. The quantitative estimate of drug-likeness (QED) is 0.601. The molecule has 0 saturated carbocycles. The van der Waals surface area contributed by atoms with Crippen LogP contribution in [0.5, 0.6) is 0 Å². The molecular weight excluding hydrogens is 242 g/mol. The Hall–Kier alpha value is -0.510. The fourth-order valence-corrected chi connectivity index (χ4v) is 2.32. The monoisotopic (exact) mass is 267 g/mol. The van der Waals surface area contributed by atoms with Gasteiger partial charge in [0.05, 0.1) is 6.61 Å². The standard InChI is InChI=1S/C15H25NOS/c1-5-17-9-10-18-14-8-6-7-13(11-14)12-16-15(2,3)4/h6-8,11,16H,5,9-10,12H2,1-4H3. The van der Waals surface area contributed by atoms with Gasteiger partial charge in [-0.05, 0) is 45.4 Å². The van der Waals surface area contributed by atoms with Crippen molar-refractivity contribution < 1.29 is 4.74 Å². The van der Waals surface area contributed by atoms with E-state index in [0.717, 1.165) is 25.5 Å². The summed E-state index contributed by atoms with van der Waals surface area (Å²) in [5.41, 5.74) is 1.50. The molecule has 0 spiro atoms. The van der Waals surface area contributed by atoms with Gasteiger partial charge in [0.1, 0.15) is 0 Å². The van der Waals surface area contributed by atoms with E-state index in [0.29, 0.717) is 0 Å². The first kappa shape index (κ1) is 15.5. The number of hydrogen-bond acceptors (Lipinski definition) is 3. The number of hydrogen-bond donors (Lipinski definition) is 1. The minimum absolute atomic E-state index is 0.165. The Balaban J connectivity index is 2.41. The summed E-state index contributed by atoms with van der Waals surface area (Å²) in [6, 6.07) is 8.72. The van der Waals surface area contributed by atoms with E-state index in [4.69, 9.17) is 4.74 Å². The average molecular weight is 267 g/mol. The van der Waals surface area contributed by atoms with Crippen LogP contribution in [0.1, 0.15) is 33.3 Å². The normalized spacial score (nSPS) is 11.8. The summed E-state index contributed by atoms with van der Waals surface area (Å²) in [5, 5.41) is 3.51. The molecule has 1 rings (SSSR count). The van der Waals surface area contributed by atoms with Crippen LogP contribution >= 0.6 is 11.8 Å². The molecule has 0 heterocycles. The Bertz CT molecular complexity index is 347. The molecule has 1 aromatic carbocycles. The van der Waals surface area contributed by atoms with Crippen molar-refractivity contribution in [2.45, 2.75) is 44.7 Å². The molecule has 0 amide bonds. The third-order valence-electron chi connectivity index (χ3n) is 2.42. The number of ether oxygens (including phenoxy) is 1. The van der Waals surface area contributed by atoms with Crippen molar-refractivity contribution in [3.05, 3.63) is 29.8 Å². The first-order valence-electron chi connectivity index (χ1n) is 6.56. The zero-order valence-electron chi connectivity index (χ0n) is 12.0. The number of rotatable bonds is 7.